The van der Waals surface area contributed by atoms with Crippen molar-refractivity contribution in [3.8, 4) is 33.2 Å². The highest BCUT2D eigenvalue weighted by Crippen LogP contribution is 2.41. The van der Waals surface area contributed by atoms with Crippen molar-refractivity contribution < 1.29 is 0 Å². The van der Waals surface area contributed by atoms with Gasteiger partial charge in [-0.25, -0.2) is 9.97 Å². The van der Waals surface area contributed by atoms with Crippen LogP contribution in [0.15, 0.2) is 109 Å². The summed E-state index contributed by atoms with van der Waals surface area (Å²) in [5.74, 6) is 0.753. The molecule has 0 fully saturated rings. The van der Waals surface area contributed by atoms with E-state index in [1.54, 1.807) is 11.3 Å². The monoisotopic (exact) mass is 470 g/mol. The van der Waals surface area contributed by atoms with Crippen LogP contribution in [0.1, 0.15) is 0 Å². The van der Waals surface area contributed by atoms with Crippen molar-refractivity contribution in [1.82, 2.24) is 9.97 Å². The van der Waals surface area contributed by atoms with Gasteiger partial charge < -0.3 is 0 Å². The maximum absolute atomic E-state index is 5.07. The maximum atomic E-state index is 5.07. The Balaban J connectivity index is 1.50. The highest BCUT2D eigenvalue weighted by atomic mass is 32.1. The topological polar surface area (TPSA) is 25.8 Å². The zero-order valence-corrected chi connectivity index (χ0v) is 19.7. The van der Waals surface area contributed by atoms with E-state index in [0.717, 1.165) is 33.2 Å². The van der Waals surface area contributed by atoms with E-state index in [1.165, 1.54) is 30.3 Å². The first kappa shape index (κ1) is 19.6. The molecule has 0 radical (unpaired) electrons. The smallest absolute Gasteiger partial charge is 0.160 e. The molecule has 0 aliphatic heterocycles. The Morgan fingerprint density at radius 3 is 2.15 bits per heavy atom. The Bertz CT molecular complexity index is 1780. The molecule has 7 rings (SSSR count). The van der Waals surface area contributed by atoms with Gasteiger partial charge in [0.15, 0.2) is 5.82 Å². The van der Waals surface area contributed by atoms with Crippen molar-refractivity contribution in [2.75, 3.05) is 0 Å². The molecule has 0 atom stereocenters. The van der Waals surface area contributed by atoms with Crippen LogP contribution >= 0.6 is 22.7 Å². The van der Waals surface area contributed by atoms with Crippen molar-refractivity contribution in [3.63, 3.8) is 0 Å². The Labute approximate surface area is 204 Å². The highest BCUT2D eigenvalue weighted by Gasteiger charge is 2.16. The lowest BCUT2D eigenvalue weighted by Gasteiger charge is -2.09. The first-order chi connectivity index (χ1) is 16.8. The van der Waals surface area contributed by atoms with Gasteiger partial charge in [-0.3, -0.25) is 0 Å². The average molecular weight is 471 g/mol. The molecule has 160 valence electrons. The van der Waals surface area contributed by atoms with Crippen molar-refractivity contribution in [1.29, 1.82) is 0 Å². The van der Waals surface area contributed by atoms with E-state index < -0.39 is 0 Å². The van der Waals surface area contributed by atoms with Crippen molar-refractivity contribution in [2.24, 2.45) is 0 Å². The summed E-state index contributed by atoms with van der Waals surface area (Å²) in [6.45, 7) is 0. The lowest BCUT2D eigenvalue weighted by atomic mass is 10.1. The lowest BCUT2D eigenvalue weighted by Crippen LogP contribution is -1.95. The minimum Gasteiger partial charge on any atom is -0.228 e. The summed E-state index contributed by atoms with van der Waals surface area (Å²) in [4.78, 5) is 11.3. The van der Waals surface area contributed by atoms with Gasteiger partial charge in [-0.05, 0) is 29.7 Å². The number of aromatic nitrogens is 2. The average Bonchev–Trinajstić information content (AvgIpc) is 3.51. The minimum atomic E-state index is 0.753. The van der Waals surface area contributed by atoms with E-state index in [0.29, 0.717) is 0 Å². The van der Waals surface area contributed by atoms with Crippen molar-refractivity contribution in [3.05, 3.63) is 109 Å². The molecule has 0 unspecified atom stereocenters. The lowest BCUT2D eigenvalue weighted by molar-refractivity contribution is 1.19. The molecule has 0 N–H and O–H groups in total. The summed E-state index contributed by atoms with van der Waals surface area (Å²) in [5.41, 5.74) is 4.09. The molecule has 0 spiro atoms. The Morgan fingerprint density at radius 1 is 0.529 bits per heavy atom. The van der Waals surface area contributed by atoms with Gasteiger partial charge in [-0.15, -0.1) is 22.7 Å². The van der Waals surface area contributed by atoms with E-state index >= 15 is 0 Å². The number of fused-ring (bicyclic) bond motifs is 4. The summed E-state index contributed by atoms with van der Waals surface area (Å²) in [5, 5.41) is 3.82. The molecule has 0 saturated carbocycles. The van der Waals surface area contributed by atoms with Gasteiger partial charge in [-0.2, -0.15) is 0 Å². The van der Waals surface area contributed by atoms with Crippen LogP contribution in [0.4, 0.5) is 0 Å². The van der Waals surface area contributed by atoms with Gasteiger partial charge >= 0.3 is 0 Å². The molecule has 4 heteroatoms. The molecule has 4 aromatic carbocycles. The molecule has 3 aromatic heterocycles. The molecule has 3 heterocycles. The first-order valence-corrected chi connectivity index (χ1v) is 12.8. The van der Waals surface area contributed by atoms with E-state index in [4.69, 9.17) is 9.97 Å². The normalized spacial score (nSPS) is 11.5. The van der Waals surface area contributed by atoms with Crippen LogP contribution in [0.5, 0.6) is 0 Å². The van der Waals surface area contributed by atoms with Crippen molar-refractivity contribution in [2.45, 2.75) is 0 Å². The summed E-state index contributed by atoms with van der Waals surface area (Å²) >= 11 is 3.61. The molecule has 34 heavy (non-hydrogen) atoms. The fraction of sp³-hybridized carbons (Fsp3) is 0. The second kappa shape index (κ2) is 7.87. The number of hydrogen-bond acceptors (Lipinski definition) is 4. The van der Waals surface area contributed by atoms with Gasteiger partial charge in [0.25, 0.3) is 0 Å². The minimum absolute atomic E-state index is 0.753. The summed E-state index contributed by atoms with van der Waals surface area (Å²) < 4.78 is 3.83. The summed E-state index contributed by atoms with van der Waals surface area (Å²) in [6, 6.07) is 38.3. The van der Waals surface area contributed by atoms with Gasteiger partial charge in [0.1, 0.15) is 0 Å². The second-order valence-electron chi connectivity index (χ2n) is 8.26. The number of benzene rings is 4. The Hall–Kier alpha value is -3.86. The van der Waals surface area contributed by atoms with Crippen LogP contribution in [0.3, 0.4) is 0 Å². The fourth-order valence-corrected chi connectivity index (χ4v) is 6.73. The predicted octanol–water partition coefficient (Wildman–Crippen LogP) is 9.06. The molecule has 0 saturated heterocycles. The van der Waals surface area contributed by atoms with E-state index in [1.807, 2.05) is 29.5 Å². The van der Waals surface area contributed by atoms with Crippen LogP contribution in [0.25, 0.3) is 63.5 Å². The third-order valence-electron chi connectivity index (χ3n) is 6.12. The SMILES string of the molecule is c1ccc(-c2nc(-c3cc4ccccc4s3)cc(-c3cccc4c3sc3ccccc34)n2)cc1. The van der Waals surface area contributed by atoms with Crippen LogP contribution in [0, 0.1) is 0 Å². The maximum Gasteiger partial charge on any atom is 0.160 e. The predicted molar refractivity (Wildman–Crippen MR) is 147 cm³/mol. The van der Waals surface area contributed by atoms with Crippen LogP contribution in [0.2, 0.25) is 0 Å². The van der Waals surface area contributed by atoms with Crippen LogP contribution in [-0.2, 0) is 0 Å². The molecule has 2 nitrogen and oxygen atoms in total. The molecule has 7 aromatic rings. The molecule has 0 aliphatic rings. The quantitative estimate of drug-likeness (QED) is 0.257. The molecule has 0 bridgehead atoms. The standard InChI is InChI=1S/C30H18N2S2/c1-2-9-19(10-3-1)30-31-24(18-25(32-30)28-17-20-11-4-6-15-26(20)33-28)23-14-8-13-22-21-12-5-7-16-27(21)34-29(22)23/h1-18H. The molecule has 0 aliphatic carbocycles. The number of thiophene rings is 2. The number of rotatable bonds is 3. The molecular formula is C30H18N2S2. The van der Waals surface area contributed by atoms with Crippen molar-refractivity contribution >= 4 is 52.9 Å². The van der Waals surface area contributed by atoms with Gasteiger partial charge in [0.05, 0.1) is 16.3 Å². The zero-order chi connectivity index (χ0) is 22.5. The van der Waals surface area contributed by atoms with E-state index in [2.05, 4.69) is 91.0 Å². The second-order valence-corrected chi connectivity index (χ2v) is 10.4. The Kier molecular flexibility index (Phi) is 4.54. The Morgan fingerprint density at radius 2 is 1.26 bits per heavy atom. The first-order valence-electron chi connectivity index (χ1n) is 11.2. The number of nitrogens with zero attached hydrogens (tertiary/aromatic N) is 2. The van der Waals surface area contributed by atoms with Gasteiger partial charge in [0.2, 0.25) is 0 Å². The molecular weight excluding hydrogens is 452 g/mol. The third kappa shape index (κ3) is 3.23. The number of hydrogen-bond donors (Lipinski definition) is 0. The summed E-state index contributed by atoms with van der Waals surface area (Å²) in [7, 11) is 0. The highest BCUT2D eigenvalue weighted by molar-refractivity contribution is 7.26. The van der Waals surface area contributed by atoms with Gasteiger partial charge in [-0.1, -0.05) is 84.9 Å². The largest absolute Gasteiger partial charge is 0.228 e. The zero-order valence-electron chi connectivity index (χ0n) is 18.1. The van der Waals surface area contributed by atoms with Crippen LogP contribution in [-0.4, -0.2) is 9.97 Å². The molecule has 0 amide bonds. The van der Waals surface area contributed by atoms with E-state index in [-0.39, 0.29) is 0 Å². The van der Waals surface area contributed by atoms with Crippen LogP contribution < -0.4 is 0 Å². The van der Waals surface area contributed by atoms with E-state index in [9.17, 15) is 0 Å². The summed E-state index contributed by atoms with van der Waals surface area (Å²) in [6.07, 6.45) is 0. The van der Waals surface area contributed by atoms with Gasteiger partial charge in [0, 0.05) is 36.0 Å². The fourth-order valence-electron chi connectivity index (χ4n) is 4.48. The third-order valence-corrected chi connectivity index (χ3v) is 8.47.